The Morgan fingerprint density at radius 3 is 2.56 bits per heavy atom. The van der Waals surface area contributed by atoms with Crippen molar-refractivity contribution in [1.29, 1.82) is 0 Å². The van der Waals surface area contributed by atoms with Crippen LogP contribution in [0.15, 0.2) is 23.3 Å². The highest BCUT2D eigenvalue weighted by atomic mass is 15.2. The minimum absolute atomic E-state index is 0.574. The summed E-state index contributed by atoms with van der Waals surface area (Å²) in [6, 6.07) is 4.90. The van der Waals surface area contributed by atoms with Crippen LogP contribution in [-0.2, 0) is 6.54 Å². The van der Waals surface area contributed by atoms with Gasteiger partial charge in [0.25, 0.3) is 0 Å². The van der Waals surface area contributed by atoms with Crippen LogP contribution in [0.5, 0.6) is 0 Å². The third kappa shape index (κ3) is 5.62. The first-order chi connectivity index (χ1) is 12.3. The quantitative estimate of drug-likeness (QED) is 0.649. The second kappa shape index (κ2) is 9.64. The van der Waals surface area contributed by atoms with E-state index in [1.165, 1.54) is 63.4 Å². The Bertz CT molecular complexity index is 543. The summed E-state index contributed by atoms with van der Waals surface area (Å²) in [6.45, 7) is 3.05. The van der Waals surface area contributed by atoms with Gasteiger partial charge in [0.1, 0.15) is 5.82 Å². The molecule has 0 bridgehead atoms. The van der Waals surface area contributed by atoms with E-state index in [-0.39, 0.29) is 0 Å². The van der Waals surface area contributed by atoms with Crippen molar-refractivity contribution in [2.75, 3.05) is 25.0 Å². The monoisotopic (exact) mass is 343 g/mol. The minimum Gasteiger partial charge on any atom is -0.357 e. The van der Waals surface area contributed by atoms with Gasteiger partial charge in [-0.3, -0.25) is 4.99 Å². The van der Waals surface area contributed by atoms with Gasteiger partial charge in [0, 0.05) is 38.9 Å². The van der Waals surface area contributed by atoms with E-state index in [1.54, 1.807) is 0 Å². The van der Waals surface area contributed by atoms with Gasteiger partial charge in [-0.2, -0.15) is 0 Å². The van der Waals surface area contributed by atoms with Gasteiger partial charge in [-0.25, -0.2) is 4.98 Å². The van der Waals surface area contributed by atoms with E-state index in [4.69, 9.17) is 0 Å². The molecule has 5 heteroatoms. The molecule has 138 valence electrons. The van der Waals surface area contributed by atoms with Crippen molar-refractivity contribution >= 4 is 11.8 Å². The summed E-state index contributed by atoms with van der Waals surface area (Å²) in [5.41, 5.74) is 1.26. The molecule has 0 aromatic carbocycles. The van der Waals surface area contributed by atoms with Crippen molar-refractivity contribution < 1.29 is 0 Å². The molecule has 1 saturated heterocycles. The molecule has 2 fully saturated rings. The molecular weight excluding hydrogens is 310 g/mol. The van der Waals surface area contributed by atoms with Crippen LogP contribution >= 0.6 is 0 Å². The lowest BCUT2D eigenvalue weighted by molar-refractivity contribution is 0.410. The predicted molar refractivity (Wildman–Crippen MR) is 105 cm³/mol. The average Bonchev–Trinajstić information content (AvgIpc) is 2.96. The maximum Gasteiger partial charge on any atom is 0.191 e. The molecule has 1 aromatic rings. The summed E-state index contributed by atoms with van der Waals surface area (Å²) in [7, 11) is 1.85. The van der Waals surface area contributed by atoms with E-state index in [0.29, 0.717) is 6.04 Å². The lowest BCUT2D eigenvalue weighted by Gasteiger charge is -2.25. The van der Waals surface area contributed by atoms with E-state index >= 15 is 0 Å². The maximum absolute atomic E-state index is 4.60. The van der Waals surface area contributed by atoms with Gasteiger partial charge in [0.05, 0.1) is 0 Å². The molecule has 0 amide bonds. The third-order valence-corrected chi connectivity index (χ3v) is 5.37. The fraction of sp³-hybridized carbons (Fsp3) is 0.700. The predicted octanol–water partition coefficient (Wildman–Crippen LogP) is 3.46. The van der Waals surface area contributed by atoms with Gasteiger partial charge < -0.3 is 15.5 Å². The number of nitrogens with one attached hydrogen (secondary N) is 2. The molecule has 1 aliphatic heterocycles. The Morgan fingerprint density at radius 1 is 1.12 bits per heavy atom. The zero-order valence-electron chi connectivity index (χ0n) is 15.6. The molecule has 2 aliphatic rings. The highest BCUT2D eigenvalue weighted by molar-refractivity contribution is 5.79. The first-order valence-electron chi connectivity index (χ1n) is 10.0. The summed E-state index contributed by atoms with van der Waals surface area (Å²) < 4.78 is 0. The van der Waals surface area contributed by atoms with Gasteiger partial charge in [0.2, 0.25) is 0 Å². The van der Waals surface area contributed by atoms with Crippen LogP contribution in [0.1, 0.15) is 63.4 Å². The Balaban J connectivity index is 1.53. The summed E-state index contributed by atoms with van der Waals surface area (Å²) in [4.78, 5) is 11.4. The molecule has 3 rings (SSSR count). The van der Waals surface area contributed by atoms with Crippen molar-refractivity contribution in [2.24, 2.45) is 4.99 Å². The Labute approximate surface area is 152 Å². The second-order valence-electron chi connectivity index (χ2n) is 7.33. The van der Waals surface area contributed by atoms with E-state index in [1.807, 2.05) is 13.2 Å². The van der Waals surface area contributed by atoms with Gasteiger partial charge in [0.15, 0.2) is 5.96 Å². The van der Waals surface area contributed by atoms with E-state index < -0.39 is 0 Å². The first-order valence-corrected chi connectivity index (χ1v) is 10.0. The largest absolute Gasteiger partial charge is 0.357 e. The number of rotatable bonds is 4. The smallest absolute Gasteiger partial charge is 0.191 e. The summed E-state index contributed by atoms with van der Waals surface area (Å²) in [5, 5.41) is 7.04. The molecular formula is C20H33N5. The van der Waals surface area contributed by atoms with Crippen molar-refractivity contribution in [3.8, 4) is 0 Å². The Morgan fingerprint density at radius 2 is 1.84 bits per heavy atom. The minimum atomic E-state index is 0.574. The van der Waals surface area contributed by atoms with Crippen LogP contribution in [0.2, 0.25) is 0 Å². The van der Waals surface area contributed by atoms with Gasteiger partial charge in [-0.05, 0) is 43.4 Å². The zero-order chi connectivity index (χ0) is 17.3. The first kappa shape index (κ1) is 18.0. The molecule has 2 N–H and O–H groups in total. The molecule has 2 heterocycles. The Kier molecular flexibility index (Phi) is 6.95. The van der Waals surface area contributed by atoms with Crippen LogP contribution in [0.4, 0.5) is 5.82 Å². The summed E-state index contributed by atoms with van der Waals surface area (Å²) in [5.74, 6) is 2.04. The molecule has 0 atom stereocenters. The zero-order valence-corrected chi connectivity index (χ0v) is 15.6. The number of guanidine groups is 1. The number of nitrogens with zero attached hydrogens (tertiary/aromatic N) is 3. The highest BCUT2D eigenvalue weighted by Crippen LogP contribution is 2.19. The van der Waals surface area contributed by atoms with E-state index in [2.05, 4.69) is 37.6 Å². The summed E-state index contributed by atoms with van der Waals surface area (Å²) >= 11 is 0. The number of aromatic nitrogens is 1. The molecule has 0 unspecified atom stereocenters. The molecule has 1 aliphatic carbocycles. The molecule has 0 radical (unpaired) electrons. The number of aliphatic imine (C=N–C) groups is 1. The van der Waals surface area contributed by atoms with Crippen LogP contribution in [-0.4, -0.2) is 37.1 Å². The molecule has 0 spiro atoms. The lowest BCUT2D eigenvalue weighted by atomic mass is 9.96. The third-order valence-electron chi connectivity index (χ3n) is 5.37. The van der Waals surface area contributed by atoms with Crippen LogP contribution < -0.4 is 15.5 Å². The standard InChI is InChI=1S/C20H33N5/c1-21-20(24-18-9-5-4-6-10-18)23-16-17-11-12-22-19(15-17)25-13-7-2-3-8-14-25/h11-12,15,18H,2-10,13-14,16H2,1H3,(H2,21,23,24). The average molecular weight is 344 g/mol. The van der Waals surface area contributed by atoms with Gasteiger partial charge >= 0.3 is 0 Å². The van der Waals surface area contributed by atoms with Gasteiger partial charge in [-0.15, -0.1) is 0 Å². The van der Waals surface area contributed by atoms with Crippen molar-refractivity contribution in [1.82, 2.24) is 15.6 Å². The van der Waals surface area contributed by atoms with Crippen molar-refractivity contribution in [2.45, 2.75) is 70.4 Å². The fourth-order valence-corrected chi connectivity index (χ4v) is 3.86. The van der Waals surface area contributed by atoms with E-state index in [0.717, 1.165) is 31.4 Å². The normalized spacial score (nSPS) is 20.2. The molecule has 1 aromatic heterocycles. The van der Waals surface area contributed by atoms with Crippen molar-refractivity contribution in [3.05, 3.63) is 23.9 Å². The van der Waals surface area contributed by atoms with Crippen LogP contribution in [0.25, 0.3) is 0 Å². The van der Waals surface area contributed by atoms with Crippen LogP contribution in [0, 0.1) is 0 Å². The topological polar surface area (TPSA) is 52.6 Å². The van der Waals surface area contributed by atoms with Gasteiger partial charge in [-0.1, -0.05) is 32.1 Å². The SMILES string of the molecule is CN=C(NCc1ccnc(N2CCCCCC2)c1)NC1CCCCC1. The van der Waals surface area contributed by atoms with E-state index in [9.17, 15) is 0 Å². The second-order valence-corrected chi connectivity index (χ2v) is 7.33. The number of anilines is 1. The maximum atomic E-state index is 4.60. The molecule has 25 heavy (non-hydrogen) atoms. The number of hydrogen-bond donors (Lipinski definition) is 2. The Hall–Kier alpha value is -1.78. The lowest BCUT2D eigenvalue weighted by Crippen LogP contribution is -2.43. The highest BCUT2D eigenvalue weighted by Gasteiger charge is 2.15. The summed E-state index contributed by atoms with van der Waals surface area (Å²) in [6.07, 6.45) is 13.8. The fourth-order valence-electron chi connectivity index (χ4n) is 3.86. The van der Waals surface area contributed by atoms with Crippen molar-refractivity contribution in [3.63, 3.8) is 0 Å². The van der Waals surface area contributed by atoms with Crippen LogP contribution in [0.3, 0.4) is 0 Å². The number of pyridine rings is 1. The molecule has 5 nitrogen and oxygen atoms in total. The number of hydrogen-bond acceptors (Lipinski definition) is 3. The molecule has 1 saturated carbocycles.